The fraction of sp³-hybridized carbons (Fsp3) is 0.538. The van der Waals surface area contributed by atoms with Gasteiger partial charge < -0.3 is 15.2 Å². The van der Waals surface area contributed by atoms with Crippen LogP contribution in [0, 0.1) is 0 Å². The molecule has 0 saturated carbocycles. The zero-order valence-electron chi connectivity index (χ0n) is 10.3. The van der Waals surface area contributed by atoms with Gasteiger partial charge in [0.2, 0.25) is 0 Å². The summed E-state index contributed by atoms with van der Waals surface area (Å²) in [5, 5.41) is 0. The molecule has 4 N–H and O–H groups in total. The normalized spacial score (nSPS) is 26.3. The molecule has 3 rings (SSSR count). The van der Waals surface area contributed by atoms with Gasteiger partial charge in [-0.2, -0.15) is 0 Å². The number of benzene rings is 1. The van der Waals surface area contributed by atoms with Gasteiger partial charge in [0.05, 0.1) is 6.17 Å². The van der Waals surface area contributed by atoms with Crippen molar-refractivity contribution in [1.29, 1.82) is 0 Å². The van der Waals surface area contributed by atoms with Gasteiger partial charge in [-0.05, 0) is 37.0 Å². The molecule has 0 spiro atoms. The molecular formula is C13H19N3O2. The highest BCUT2D eigenvalue weighted by Gasteiger charge is 2.20. The van der Waals surface area contributed by atoms with Crippen molar-refractivity contribution in [2.24, 2.45) is 5.73 Å². The Kier molecular flexibility index (Phi) is 3.36. The molecular weight excluding hydrogens is 230 g/mol. The fourth-order valence-corrected chi connectivity index (χ4v) is 2.42. The van der Waals surface area contributed by atoms with Gasteiger partial charge in [0, 0.05) is 6.04 Å². The van der Waals surface area contributed by atoms with Gasteiger partial charge in [-0.25, -0.2) is 5.43 Å². The number of fused-ring (bicyclic) bond motifs is 1. The molecule has 5 heteroatoms. The van der Waals surface area contributed by atoms with Crippen molar-refractivity contribution in [3.8, 4) is 11.5 Å². The molecule has 18 heavy (non-hydrogen) atoms. The molecule has 1 fully saturated rings. The number of rotatable bonds is 3. The van der Waals surface area contributed by atoms with E-state index in [4.69, 9.17) is 15.2 Å². The number of hydrogen-bond donors (Lipinski definition) is 3. The summed E-state index contributed by atoms with van der Waals surface area (Å²) in [5.74, 6) is 1.72. The number of hydrazine groups is 1. The van der Waals surface area contributed by atoms with Crippen molar-refractivity contribution in [3.63, 3.8) is 0 Å². The topological polar surface area (TPSA) is 68.5 Å². The van der Waals surface area contributed by atoms with E-state index >= 15 is 0 Å². The summed E-state index contributed by atoms with van der Waals surface area (Å²) in [4.78, 5) is 0. The molecule has 1 aromatic carbocycles. The van der Waals surface area contributed by atoms with Crippen LogP contribution in [0.5, 0.6) is 11.5 Å². The molecule has 1 aromatic rings. The van der Waals surface area contributed by atoms with Gasteiger partial charge in [-0.1, -0.05) is 6.07 Å². The van der Waals surface area contributed by atoms with Crippen molar-refractivity contribution >= 4 is 0 Å². The van der Waals surface area contributed by atoms with Crippen molar-refractivity contribution in [2.75, 3.05) is 13.2 Å². The maximum Gasteiger partial charge on any atom is 0.161 e. The van der Waals surface area contributed by atoms with Crippen LogP contribution in [0.2, 0.25) is 0 Å². The van der Waals surface area contributed by atoms with Gasteiger partial charge in [0.25, 0.3) is 0 Å². The van der Waals surface area contributed by atoms with Crippen LogP contribution in [0.4, 0.5) is 0 Å². The fourth-order valence-electron chi connectivity index (χ4n) is 2.42. The lowest BCUT2D eigenvalue weighted by atomic mass is 10.0. The third-order valence-corrected chi connectivity index (χ3v) is 3.40. The monoisotopic (exact) mass is 249 g/mol. The van der Waals surface area contributed by atoms with Crippen molar-refractivity contribution in [1.82, 2.24) is 10.9 Å². The van der Waals surface area contributed by atoms with E-state index in [9.17, 15) is 0 Å². The first-order valence-corrected chi connectivity index (χ1v) is 6.46. The van der Waals surface area contributed by atoms with Crippen LogP contribution in [-0.4, -0.2) is 25.4 Å². The number of nitrogens with one attached hydrogen (secondary N) is 2. The number of nitrogens with two attached hydrogens (primary N) is 1. The van der Waals surface area contributed by atoms with Gasteiger partial charge in [-0.15, -0.1) is 0 Å². The second-order valence-corrected chi connectivity index (χ2v) is 4.84. The highest BCUT2D eigenvalue weighted by atomic mass is 16.6. The average Bonchev–Trinajstić information content (AvgIpc) is 2.82. The summed E-state index contributed by atoms with van der Waals surface area (Å²) in [6.45, 7) is 1.28. The lowest BCUT2D eigenvalue weighted by Gasteiger charge is -2.19. The Morgan fingerprint density at radius 3 is 2.78 bits per heavy atom. The summed E-state index contributed by atoms with van der Waals surface area (Å²) >= 11 is 0. The maximum absolute atomic E-state index is 5.78. The maximum atomic E-state index is 5.78. The van der Waals surface area contributed by atoms with Crippen LogP contribution in [0.3, 0.4) is 0 Å². The molecule has 0 amide bonds. The van der Waals surface area contributed by atoms with E-state index in [2.05, 4.69) is 23.0 Å². The van der Waals surface area contributed by atoms with E-state index < -0.39 is 0 Å². The summed E-state index contributed by atoms with van der Waals surface area (Å²) < 4.78 is 11.1. The standard InChI is InChI=1S/C13H19N3O2/c14-13-8-10(15-16-13)3-1-9-2-4-11-12(7-9)18-6-5-17-11/h2,4,7,10,13,15-16H,1,3,5-6,8,14H2. The third-order valence-electron chi connectivity index (χ3n) is 3.40. The van der Waals surface area contributed by atoms with Gasteiger partial charge in [0.1, 0.15) is 13.2 Å². The SMILES string of the molecule is NC1CC(CCc2ccc3c(c2)OCCO3)NN1. The quantitative estimate of drug-likeness (QED) is 0.729. The zero-order chi connectivity index (χ0) is 12.4. The molecule has 98 valence electrons. The van der Waals surface area contributed by atoms with E-state index in [0.717, 1.165) is 30.8 Å². The van der Waals surface area contributed by atoms with E-state index in [1.165, 1.54) is 5.56 Å². The van der Waals surface area contributed by atoms with Crippen molar-refractivity contribution in [3.05, 3.63) is 23.8 Å². The number of aryl methyl sites for hydroxylation is 1. The molecule has 0 aliphatic carbocycles. The predicted octanol–water partition coefficient (Wildman–Crippen LogP) is 0.542. The Labute approximate surface area is 107 Å². The number of ether oxygens (including phenoxy) is 2. The second-order valence-electron chi connectivity index (χ2n) is 4.84. The molecule has 1 saturated heterocycles. The highest BCUT2D eigenvalue weighted by Crippen LogP contribution is 2.31. The van der Waals surface area contributed by atoms with E-state index in [1.807, 2.05) is 6.07 Å². The van der Waals surface area contributed by atoms with E-state index in [1.54, 1.807) is 0 Å². The largest absolute Gasteiger partial charge is 0.486 e. The Balaban J connectivity index is 1.59. The summed E-state index contributed by atoms with van der Waals surface area (Å²) in [6, 6.07) is 6.64. The number of hydrogen-bond acceptors (Lipinski definition) is 5. The lowest BCUT2D eigenvalue weighted by molar-refractivity contribution is 0.171. The van der Waals surface area contributed by atoms with Crippen LogP contribution >= 0.6 is 0 Å². The molecule has 2 unspecified atom stereocenters. The smallest absolute Gasteiger partial charge is 0.161 e. The molecule has 0 radical (unpaired) electrons. The van der Waals surface area contributed by atoms with Crippen LogP contribution in [0.15, 0.2) is 18.2 Å². The minimum Gasteiger partial charge on any atom is -0.486 e. The molecule has 2 heterocycles. The van der Waals surface area contributed by atoms with Crippen LogP contribution in [0.1, 0.15) is 18.4 Å². The molecule has 0 aromatic heterocycles. The Morgan fingerprint density at radius 2 is 2.00 bits per heavy atom. The first kappa shape index (κ1) is 11.8. The first-order valence-electron chi connectivity index (χ1n) is 6.46. The molecule has 5 nitrogen and oxygen atoms in total. The first-order chi connectivity index (χ1) is 8.81. The second kappa shape index (κ2) is 5.14. The summed E-state index contributed by atoms with van der Waals surface area (Å²) in [5.41, 5.74) is 13.3. The van der Waals surface area contributed by atoms with E-state index in [-0.39, 0.29) is 6.17 Å². The van der Waals surface area contributed by atoms with Crippen LogP contribution in [-0.2, 0) is 6.42 Å². The zero-order valence-corrected chi connectivity index (χ0v) is 10.3. The predicted molar refractivity (Wildman–Crippen MR) is 68.4 cm³/mol. The minimum atomic E-state index is 0.0790. The van der Waals surface area contributed by atoms with Gasteiger partial charge in [0.15, 0.2) is 11.5 Å². The van der Waals surface area contributed by atoms with E-state index in [0.29, 0.717) is 19.3 Å². The van der Waals surface area contributed by atoms with Crippen LogP contribution in [0.25, 0.3) is 0 Å². The molecule has 0 bridgehead atoms. The summed E-state index contributed by atoms with van der Waals surface area (Å²) in [6.07, 6.45) is 3.14. The van der Waals surface area contributed by atoms with Gasteiger partial charge >= 0.3 is 0 Å². The highest BCUT2D eigenvalue weighted by molar-refractivity contribution is 5.43. The van der Waals surface area contributed by atoms with Crippen molar-refractivity contribution < 1.29 is 9.47 Å². The van der Waals surface area contributed by atoms with Gasteiger partial charge in [-0.3, -0.25) is 5.43 Å². The lowest BCUT2D eigenvalue weighted by Crippen LogP contribution is -2.37. The molecule has 2 aliphatic rings. The minimum absolute atomic E-state index is 0.0790. The Hall–Kier alpha value is -1.30. The average molecular weight is 249 g/mol. The Bertz CT molecular complexity index is 425. The summed E-state index contributed by atoms with van der Waals surface area (Å²) in [7, 11) is 0. The Morgan fingerprint density at radius 1 is 1.17 bits per heavy atom. The molecule has 2 atom stereocenters. The molecule has 2 aliphatic heterocycles. The van der Waals surface area contributed by atoms with Crippen molar-refractivity contribution in [2.45, 2.75) is 31.5 Å². The van der Waals surface area contributed by atoms with Crippen LogP contribution < -0.4 is 26.1 Å². The third kappa shape index (κ3) is 2.58.